The third-order valence-corrected chi connectivity index (χ3v) is 5.09. The summed E-state index contributed by atoms with van der Waals surface area (Å²) in [5.41, 5.74) is 1.44. The Balaban J connectivity index is 1.93. The molecule has 0 spiro atoms. The molecule has 0 saturated carbocycles. The predicted octanol–water partition coefficient (Wildman–Crippen LogP) is 3.05. The lowest BCUT2D eigenvalue weighted by molar-refractivity contribution is -0.122. The van der Waals surface area contributed by atoms with Gasteiger partial charge in [0, 0.05) is 29.3 Å². The number of nitrogens with one attached hydrogen (secondary N) is 2. The number of hydrogen-bond donors (Lipinski definition) is 2. The van der Waals surface area contributed by atoms with Crippen LogP contribution in [0.15, 0.2) is 53.1 Å². The fraction of sp³-hybridized carbons (Fsp3) is 0.316. The summed E-state index contributed by atoms with van der Waals surface area (Å²) in [6.45, 7) is 0.483. The summed E-state index contributed by atoms with van der Waals surface area (Å²) in [5.74, 6) is 0.355. The number of pyridine rings is 1. The molecule has 0 fully saturated rings. The van der Waals surface area contributed by atoms with Gasteiger partial charge in [-0.1, -0.05) is 18.2 Å². The highest BCUT2D eigenvalue weighted by Gasteiger charge is 2.21. The molecule has 1 unspecified atom stereocenters. The van der Waals surface area contributed by atoms with Gasteiger partial charge >= 0.3 is 0 Å². The first-order chi connectivity index (χ1) is 12.6. The van der Waals surface area contributed by atoms with E-state index in [1.54, 1.807) is 36.2 Å². The first-order valence-corrected chi connectivity index (χ1v) is 10.5. The Morgan fingerprint density at radius 3 is 2.65 bits per heavy atom. The van der Waals surface area contributed by atoms with Crippen molar-refractivity contribution in [3.05, 3.63) is 64.4 Å². The van der Waals surface area contributed by atoms with Gasteiger partial charge in [0.05, 0.1) is 5.56 Å². The number of carbonyl (C=O) groups excluding carboxylic acids is 2. The monoisotopic (exact) mass is 435 g/mol. The van der Waals surface area contributed by atoms with Crippen molar-refractivity contribution in [3.8, 4) is 0 Å². The van der Waals surface area contributed by atoms with E-state index in [4.69, 9.17) is 0 Å². The second kappa shape index (κ2) is 11.0. The Labute approximate surface area is 166 Å². The van der Waals surface area contributed by atoms with E-state index in [1.807, 2.05) is 30.5 Å². The molecule has 0 aliphatic heterocycles. The predicted molar refractivity (Wildman–Crippen MR) is 109 cm³/mol. The summed E-state index contributed by atoms with van der Waals surface area (Å²) in [4.78, 5) is 29.3. The van der Waals surface area contributed by atoms with E-state index in [0.29, 0.717) is 29.4 Å². The van der Waals surface area contributed by atoms with Crippen molar-refractivity contribution in [2.24, 2.45) is 0 Å². The van der Waals surface area contributed by atoms with Crippen LogP contribution in [0.2, 0.25) is 0 Å². The van der Waals surface area contributed by atoms with Crippen LogP contribution in [0.4, 0.5) is 0 Å². The molecule has 1 aromatic carbocycles. The molecule has 1 heterocycles. The number of hydrogen-bond acceptors (Lipinski definition) is 4. The fourth-order valence-electron chi connectivity index (χ4n) is 2.37. The quantitative estimate of drug-likeness (QED) is 0.634. The molecule has 1 atom stereocenters. The van der Waals surface area contributed by atoms with Crippen LogP contribution in [0.3, 0.4) is 0 Å². The number of thioether (sulfide) groups is 1. The number of nitrogens with zero attached hydrogens (tertiary/aromatic N) is 1. The number of rotatable bonds is 9. The van der Waals surface area contributed by atoms with E-state index in [2.05, 4.69) is 31.5 Å². The lowest BCUT2D eigenvalue weighted by Gasteiger charge is -2.18. The number of carbonyl (C=O) groups is 2. The van der Waals surface area contributed by atoms with Crippen molar-refractivity contribution in [2.75, 3.05) is 18.6 Å². The molecule has 5 nitrogen and oxygen atoms in total. The molecule has 0 bridgehead atoms. The summed E-state index contributed by atoms with van der Waals surface area (Å²) in [5, 5.41) is 5.74. The minimum atomic E-state index is -0.564. The van der Waals surface area contributed by atoms with Crippen LogP contribution in [0.25, 0.3) is 0 Å². The van der Waals surface area contributed by atoms with Gasteiger partial charge in [-0.15, -0.1) is 0 Å². The molecule has 2 N–H and O–H groups in total. The summed E-state index contributed by atoms with van der Waals surface area (Å²) in [6.07, 6.45) is 4.94. The average molecular weight is 436 g/mol. The van der Waals surface area contributed by atoms with Crippen molar-refractivity contribution in [2.45, 2.75) is 18.9 Å². The zero-order valence-corrected chi connectivity index (χ0v) is 17.0. The highest BCUT2D eigenvalue weighted by Crippen LogP contribution is 2.16. The first kappa shape index (κ1) is 20.5. The Bertz CT molecular complexity index is 728. The molecule has 2 rings (SSSR count). The van der Waals surface area contributed by atoms with Crippen LogP contribution in [0, 0.1) is 0 Å². The maximum absolute atomic E-state index is 12.5. The second-order valence-corrected chi connectivity index (χ2v) is 7.49. The standard InChI is InChI=1S/C19H22BrN3O2S/c1-26-13-10-17(23-18(24)15-7-2-3-8-16(15)20)19(25)22-12-9-14-6-4-5-11-21-14/h2-8,11,17H,9-10,12-13H2,1H3,(H,22,25)(H,23,24). The van der Waals surface area contributed by atoms with Crippen LogP contribution < -0.4 is 10.6 Å². The highest BCUT2D eigenvalue weighted by atomic mass is 79.9. The lowest BCUT2D eigenvalue weighted by Crippen LogP contribution is -2.47. The van der Waals surface area contributed by atoms with E-state index >= 15 is 0 Å². The largest absolute Gasteiger partial charge is 0.354 e. The van der Waals surface area contributed by atoms with Crippen LogP contribution in [-0.4, -0.2) is 41.4 Å². The van der Waals surface area contributed by atoms with Crippen molar-refractivity contribution in [1.82, 2.24) is 15.6 Å². The van der Waals surface area contributed by atoms with Gasteiger partial charge < -0.3 is 10.6 Å². The molecule has 7 heteroatoms. The van der Waals surface area contributed by atoms with Gasteiger partial charge in [0.1, 0.15) is 6.04 Å². The summed E-state index contributed by atoms with van der Waals surface area (Å²) >= 11 is 5.02. The topological polar surface area (TPSA) is 71.1 Å². The fourth-order valence-corrected chi connectivity index (χ4v) is 3.31. The van der Waals surface area contributed by atoms with Gasteiger partial charge in [-0.05, 0) is 58.6 Å². The zero-order chi connectivity index (χ0) is 18.8. The second-order valence-electron chi connectivity index (χ2n) is 5.65. The Morgan fingerprint density at radius 2 is 1.96 bits per heavy atom. The van der Waals surface area contributed by atoms with E-state index in [9.17, 15) is 9.59 Å². The van der Waals surface area contributed by atoms with E-state index in [-0.39, 0.29) is 11.8 Å². The molecule has 0 saturated heterocycles. The summed E-state index contributed by atoms with van der Waals surface area (Å²) in [7, 11) is 0. The van der Waals surface area contributed by atoms with Crippen LogP contribution in [0.5, 0.6) is 0 Å². The molecule has 2 aromatic rings. The van der Waals surface area contributed by atoms with Crippen LogP contribution >= 0.6 is 27.7 Å². The maximum Gasteiger partial charge on any atom is 0.253 e. The normalized spacial score (nSPS) is 11.6. The molecule has 26 heavy (non-hydrogen) atoms. The molecule has 0 aliphatic carbocycles. The molecule has 0 aliphatic rings. The van der Waals surface area contributed by atoms with Gasteiger partial charge in [0.2, 0.25) is 5.91 Å². The first-order valence-electron chi connectivity index (χ1n) is 8.33. The summed E-state index contributed by atoms with van der Waals surface area (Å²) < 4.78 is 0.705. The Morgan fingerprint density at radius 1 is 1.19 bits per heavy atom. The molecule has 2 amide bonds. The third kappa shape index (κ3) is 6.46. The molecule has 138 valence electrons. The smallest absolute Gasteiger partial charge is 0.253 e. The van der Waals surface area contributed by atoms with Gasteiger partial charge in [-0.2, -0.15) is 11.8 Å². The number of benzene rings is 1. The minimum absolute atomic E-state index is 0.171. The number of aromatic nitrogens is 1. The van der Waals surface area contributed by atoms with Crippen LogP contribution in [0.1, 0.15) is 22.5 Å². The van der Waals surface area contributed by atoms with Gasteiger partial charge in [0.25, 0.3) is 5.91 Å². The minimum Gasteiger partial charge on any atom is -0.354 e. The van der Waals surface area contributed by atoms with Gasteiger partial charge in [-0.3, -0.25) is 14.6 Å². The van der Waals surface area contributed by atoms with Gasteiger partial charge in [0.15, 0.2) is 0 Å². The van der Waals surface area contributed by atoms with Crippen molar-refractivity contribution >= 4 is 39.5 Å². The van der Waals surface area contributed by atoms with Crippen molar-refractivity contribution in [3.63, 3.8) is 0 Å². The maximum atomic E-state index is 12.5. The number of amides is 2. The molecule has 1 aromatic heterocycles. The molecular formula is C19H22BrN3O2S. The van der Waals surface area contributed by atoms with E-state index in [1.165, 1.54) is 0 Å². The van der Waals surface area contributed by atoms with E-state index < -0.39 is 6.04 Å². The van der Waals surface area contributed by atoms with Crippen LogP contribution in [-0.2, 0) is 11.2 Å². The van der Waals surface area contributed by atoms with Crippen molar-refractivity contribution in [1.29, 1.82) is 0 Å². The van der Waals surface area contributed by atoms with Crippen molar-refractivity contribution < 1.29 is 9.59 Å². The third-order valence-electron chi connectivity index (χ3n) is 3.76. The highest BCUT2D eigenvalue weighted by molar-refractivity contribution is 9.10. The number of halogens is 1. The summed E-state index contributed by atoms with van der Waals surface area (Å²) in [6, 6.07) is 12.3. The van der Waals surface area contributed by atoms with E-state index in [0.717, 1.165) is 11.4 Å². The molecular weight excluding hydrogens is 414 g/mol. The Hall–Kier alpha value is -1.86. The lowest BCUT2D eigenvalue weighted by atomic mass is 10.1. The Kier molecular flexibility index (Phi) is 8.64. The molecule has 0 radical (unpaired) electrons. The zero-order valence-electron chi connectivity index (χ0n) is 14.6. The SMILES string of the molecule is CSCCC(NC(=O)c1ccccc1Br)C(=O)NCCc1ccccn1. The average Bonchev–Trinajstić information content (AvgIpc) is 2.66. The van der Waals surface area contributed by atoms with Gasteiger partial charge in [-0.25, -0.2) is 0 Å².